The Balaban J connectivity index is 1.28. The maximum absolute atomic E-state index is 13.0. The van der Waals surface area contributed by atoms with Crippen LogP contribution in [0.25, 0.3) is 11.6 Å². The SMILES string of the molecule is O=C(Nc1ccc(F)cc1)Nc1cccc(Nc2ccc3c(c2)NC(=O)C3=Cc2ccc[nH]2)c1. The second-order valence-corrected chi connectivity index (χ2v) is 7.69. The van der Waals surface area contributed by atoms with Crippen molar-refractivity contribution in [1.29, 1.82) is 0 Å². The van der Waals surface area contributed by atoms with Crippen molar-refractivity contribution in [2.75, 3.05) is 21.3 Å². The summed E-state index contributed by atoms with van der Waals surface area (Å²) in [6.45, 7) is 0. The predicted molar refractivity (Wildman–Crippen MR) is 133 cm³/mol. The van der Waals surface area contributed by atoms with Crippen molar-refractivity contribution >= 4 is 52.0 Å². The van der Waals surface area contributed by atoms with Gasteiger partial charge in [-0.2, -0.15) is 0 Å². The first-order valence-corrected chi connectivity index (χ1v) is 10.5. The zero-order chi connectivity index (χ0) is 23.5. The molecular formula is C26H20FN5O2. The first-order chi connectivity index (χ1) is 16.5. The number of halogens is 1. The van der Waals surface area contributed by atoms with Crippen molar-refractivity contribution in [2.24, 2.45) is 0 Å². The molecule has 0 atom stereocenters. The van der Waals surface area contributed by atoms with Crippen LogP contribution in [0.4, 0.5) is 37.6 Å². The second-order valence-electron chi connectivity index (χ2n) is 7.69. The molecule has 0 unspecified atom stereocenters. The lowest BCUT2D eigenvalue weighted by Gasteiger charge is -2.11. The molecule has 5 N–H and O–H groups in total. The van der Waals surface area contributed by atoms with Gasteiger partial charge in [0.15, 0.2) is 0 Å². The molecule has 1 aromatic heterocycles. The van der Waals surface area contributed by atoms with Gasteiger partial charge in [0.1, 0.15) is 5.82 Å². The summed E-state index contributed by atoms with van der Waals surface area (Å²) < 4.78 is 13.0. The van der Waals surface area contributed by atoms with E-state index in [4.69, 9.17) is 0 Å². The van der Waals surface area contributed by atoms with Crippen LogP contribution in [0.15, 0.2) is 85.1 Å². The van der Waals surface area contributed by atoms with Gasteiger partial charge in [-0.15, -0.1) is 0 Å². The van der Waals surface area contributed by atoms with Crippen LogP contribution in [0, 0.1) is 5.82 Å². The Labute approximate surface area is 194 Å². The maximum Gasteiger partial charge on any atom is 0.323 e. The van der Waals surface area contributed by atoms with Gasteiger partial charge in [-0.1, -0.05) is 12.1 Å². The Hall–Kier alpha value is -4.85. The van der Waals surface area contributed by atoms with E-state index in [2.05, 4.69) is 26.3 Å². The summed E-state index contributed by atoms with van der Waals surface area (Å²) in [6, 6.07) is 21.7. The summed E-state index contributed by atoms with van der Waals surface area (Å²) >= 11 is 0. The third-order valence-corrected chi connectivity index (χ3v) is 5.24. The van der Waals surface area contributed by atoms with E-state index >= 15 is 0 Å². The van der Waals surface area contributed by atoms with E-state index in [9.17, 15) is 14.0 Å². The number of benzene rings is 3. The van der Waals surface area contributed by atoms with Crippen LogP contribution >= 0.6 is 0 Å². The van der Waals surface area contributed by atoms with Crippen LogP contribution in [0.3, 0.4) is 0 Å². The number of carbonyl (C=O) groups is 2. The van der Waals surface area contributed by atoms with Crippen molar-refractivity contribution < 1.29 is 14.0 Å². The van der Waals surface area contributed by atoms with Gasteiger partial charge in [-0.05, 0) is 72.8 Å². The average molecular weight is 453 g/mol. The molecule has 8 heteroatoms. The summed E-state index contributed by atoms with van der Waals surface area (Å²) in [7, 11) is 0. The number of carbonyl (C=O) groups excluding carboxylic acids is 2. The summed E-state index contributed by atoms with van der Waals surface area (Å²) in [6.07, 6.45) is 3.63. The summed E-state index contributed by atoms with van der Waals surface area (Å²) in [4.78, 5) is 27.8. The van der Waals surface area contributed by atoms with Gasteiger partial charge in [0, 0.05) is 40.2 Å². The molecule has 0 fully saturated rings. The molecule has 0 aliphatic carbocycles. The number of nitrogens with one attached hydrogen (secondary N) is 5. The zero-order valence-electron chi connectivity index (χ0n) is 17.9. The Kier molecular flexibility index (Phi) is 5.53. The number of H-pyrrole nitrogens is 1. The number of aromatic nitrogens is 1. The van der Waals surface area contributed by atoms with Gasteiger partial charge >= 0.3 is 6.03 Å². The Morgan fingerprint density at radius 3 is 2.35 bits per heavy atom. The van der Waals surface area contributed by atoms with Crippen LogP contribution < -0.4 is 21.3 Å². The molecule has 3 aromatic carbocycles. The lowest BCUT2D eigenvalue weighted by atomic mass is 10.1. The van der Waals surface area contributed by atoms with Crippen molar-refractivity contribution in [3.63, 3.8) is 0 Å². The number of rotatable bonds is 5. The quantitative estimate of drug-likeness (QED) is 0.239. The molecular weight excluding hydrogens is 433 g/mol. The predicted octanol–water partition coefficient (Wildman–Crippen LogP) is 6.03. The zero-order valence-corrected chi connectivity index (χ0v) is 17.9. The number of urea groups is 1. The fraction of sp³-hybridized carbons (Fsp3) is 0. The third-order valence-electron chi connectivity index (χ3n) is 5.24. The molecule has 7 nitrogen and oxygen atoms in total. The third kappa shape index (κ3) is 4.66. The van der Waals surface area contributed by atoms with Gasteiger partial charge in [-0.25, -0.2) is 9.18 Å². The standard InChI is InChI=1S/C26H20FN5O2/c27-16-6-8-17(9-7-16)30-26(34)31-20-4-1-3-19(13-20)29-21-10-11-22-23(14-18-5-2-12-28-18)25(33)32-24(22)15-21/h1-15,28-29H,(H,32,33)(H2,30,31,34). The van der Waals surface area contributed by atoms with Gasteiger partial charge in [0.25, 0.3) is 5.91 Å². The Morgan fingerprint density at radius 2 is 1.56 bits per heavy atom. The van der Waals surface area contributed by atoms with Gasteiger partial charge in [0.05, 0.1) is 11.3 Å². The summed E-state index contributed by atoms with van der Waals surface area (Å²) in [5.74, 6) is -0.524. The first kappa shape index (κ1) is 21.0. The molecule has 0 saturated carbocycles. The van der Waals surface area contributed by atoms with Gasteiger partial charge in [-0.3, -0.25) is 4.79 Å². The van der Waals surface area contributed by atoms with Crippen LogP contribution in [0.5, 0.6) is 0 Å². The minimum absolute atomic E-state index is 0.153. The molecule has 0 saturated heterocycles. The largest absolute Gasteiger partial charge is 0.362 e. The van der Waals surface area contributed by atoms with E-state index in [-0.39, 0.29) is 11.7 Å². The lowest BCUT2D eigenvalue weighted by molar-refractivity contribution is -0.110. The molecule has 1 aliphatic heterocycles. The van der Waals surface area contributed by atoms with Gasteiger partial charge < -0.3 is 26.3 Å². The van der Waals surface area contributed by atoms with Crippen molar-refractivity contribution in [3.05, 3.63) is 102 Å². The van der Waals surface area contributed by atoms with Crippen LogP contribution in [-0.4, -0.2) is 16.9 Å². The highest BCUT2D eigenvalue weighted by Gasteiger charge is 2.24. The first-order valence-electron chi connectivity index (χ1n) is 10.5. The molecule has 0 spiro atoms. The highest BCUT2D eigenvalue weighted by molar-refractivity contribution is 6.35. The monoisotopic (exact) mass is 453 g/mol. The number of fused-ring (bicyclic) bond motifs is 1. The number of hydrogen-bond donors (Lipinski definition) is 5. The highest BCUT2D eigenvalue weighted by Crippen LogP contribution is 2.35. The number of aromatic amines is 1. The number of anilines is 5. The Morgan fingerprint density at radius 1 is 0.824 bits per heavy atom. The molecule has 168 valence electrons. The van der Waals surface area contributed by atoms with Crippen molar-refractivity contribution in [2.45, 2.75) is 0 Å². The minimum atomic E-state index is -0.439. The topological polar surface area (TPSA) is 98.0 Å². The van der Waals surface area contributed by atoms with Crippen LogP contribution in [-0.2, 0) is 4.79 Å². The highest BCUT2D eigenvalue weighted by atomic mass is 19.1. The summed E-state index contributed by atoms with van der Waals surface area (Å²) in [5.41, 5.74) is 5.61. The maximum atomic E-state index is 13.0. The van der Waals surface area contributed by atoms with E-state index in [1.54, 1.807) is 12.1 Å². The van der Waals surface area contributed by atoms with Gasteiger partial charge in [0.2, 0.25) is 0 Å². The molecule has 0 bridgehead atoms. The van der Waals surface area contributed by atoms with E-state index < -0.39 is 6.03 Å². The van der Waals surface area contributed by atoms with Crippen LogP contribution in [0.1, 0.15) is 11.3 Å². The molecule has 3 amide bonds. The van der Waals surface area contributed by atoms with Crippen molar-refractivity contribution in [3.8, 4) is 0 Å². The van der Waals surface area contributed by atoms with E-state index in [0.29, 0.717) is 16.9 Å². The number of amides is 3. The minimum Gasteiger partial charge on any atom is -0.362 e. The van der Waals surface area contributed by atoms with E-state index in [1.165, 1.54) is 24.3 Å². The number of hydrogen-bond acceptors (Lipinski definition) is 3. The van der Waals surface area contributed by atoms with E-state index in [0.717, 1.165) is 28.3 Å². The molecule has 34 heavy (non-hydrogen) atoms. The van der Waals surface area contributed by atoms with Crippen molar-refractivity contribution in [1.82, 2.24) is 4.98 Å². The summed E-state index contributed by atoms with van der Waals surface area (Å²) in [5, 5.41) is 11.6. The van der Waals surface area contributed by atoms with Crippen LogP contribution in [0.2, 0.25) is 0 Å². The molecule has 1 aliphatic rings. The average Bonchev–Trinajstić information content (AvgIpc) is 3.43. The smallest absolute Gasteiger partial charge is 0.323 e. The second kappa shape index (κ2) is 8.95. The molecule has 2 heterocycles. The molecule has 5 rings (SSSR count). The lowest BCUT2D eigenvalue weighted by Crippen LogP contribution is -2.19. The van der Waals surface area contributed by atoms with E-state index in [1.807, 2.05) is 54.7 Å². The Bertz CT molecular complexity index is 1400. The fourth-order valence-electron chi connectivity index (χ4n) is 3.67. The molecule has 0 radical (unpaired) electrons. The normalized spacial score (nSPS) is 13.3. The molecule has 4 aromatic rings. The fourth-order valence-corrected chi connectivity index (χ4v) is 3.67.